The number of benzene rings is 1. The van der Waals surface area contributed by atoms with Crippen LogP contribution >= 0.6 is 0 Å². The fourth-order valence-electron chi connectivity index (χ4n) is 1.83. The monoisotopic (exact) mass is 249 g/mol. The van der Waals surface area contributed by atoms with Crippen LogP contribution in [0.5, 0.6) is 5.75 Å². The maximum atomic E-state index is 10.8. The lowest BCUT2D eigenvalue weighted by molar-refractivity contribution is -0.425. The Morgan fingerprint density at radius 3 is 2.67 bits per heavy atom. The molecule has 0 aliphatic heterocycles. The number of rotatable bonds is 6. The van der Waals surface area contributed by atoms with Gasteiger partial charge in [0.05, 0.1) is 12.0 Å². The second kappa shape index (κ2) is 6.79. The third kappa shape index (κ3) is 3.58. The third-order valence-electron chi connectivity index (χ3n) is 2.75. The number of aryl methyl sites for hydroxylation is 1. The Bertz CT molecular complexity index is 452. The van der Waals surface area contributed by atoms with E-state index in [1.54, 1.807) is 20.1 Å². The Morgan fingerprint density at radius 1 is 1.44 bits per heavy atom. The molecule has 0 aliphatic carbocycles. The summed E-state index contributed by atoms with van der Waals surface area (Å²) < 4.78 is 5.28. The summed E-state index contributed by atoms with van der Waals surface area (Å²) in [5.74, 6) is 0.841. The molecule has 0 N–H and O–H groups in total. The lowest BCUT2D eigenvalue weighted by Gasteiger charge is -2.08. The highest BCUT2D eigenvalue weighted by molar-refractivity contribution is 5.54. The van der Waals surface area contributed by atoms with Gasteiger partial charge in [0.2, 0.25) is 5.70 Å². The third-order valence-corrected chi connectivity index (χ3v) is 2.75. The van der Waals surface area contributed by atoms with Gasteiger partial charge in [0.1, 0.15) is 5.75 Å². The molecule has 0 amide bonds. The summed E-state index contributed by atoms with van der Waals surface area (Å²) >= 11 is 0. The molecule has 0 bridgehead atoms. The Balaban J connectivity index is 3.11. The molecule has 4 heteroatoms. The molecule has 1 aromatic rings. The first kappa shape index (κ1) is 14.2. The van der Waals surface area contributed by atoms with Crippen LogP contribution < -0.4 is 4.74 Å². The molecule has 0 atom stereocenters. The minimum Gasteiger partial charge on any atom is -0.496 e. The Labute approximate surface area is 107 Å². The fraction of sp³-hybridized carbons (Fsp3) is 0.429. The van der Waals surface area contributed by atoms with E-state index < -0.39 is 0 Å². The van der Waals surface area contributed by atoms with Crippen molar-refractivity contribution in [2.24, 2.45) is 0 Å². The van der Waals surface area contributed by atoms with Crippen LogP contribution in [0.25, 0.3) is 6.08 Å². The van der Waals surface area contributed by atoms with Gasteiger partial charge in [-0.1, -0.05) is 26.3 Å². The normalized spacial score (nSPS) is 11.4. The van der Waals surface area contributed by atoms with Crippen LogP contribution in [0.15, 0.2) is 23.9 Å². The quantitative estimate of drug-likeness (QED) is 0.571. The minimum absolute atomic E-state index is 0.225. The maximum absolute atomic E-state index is 10.8. The molecule has 4 nitrogen and oxygen atoms in total. The second-order valence-electron chi connectivity index (χ2n) is 4.07. The van der Waals surface area contributed by atoms with Crippen LogP contribution in [0.4, 0.5) is 0 Å². The first-order chi connectivity index (χ1) is 8.62. The van der Waals surface area contributed by atoms with E-state index in [2.05, 4.69) is 6.92 Å². The van der Waals surface area contributed by atoms with Crippen molar-refractivity contribution in [3.63, 3.8) is 0 Å². The molecular formula is C14H19NO3. The molecule has 0 spiro atoms. The molecule has 1 aromatic carbocycles. The number of nitro groups is 1. The summed E-state index contributed by atoms with van der Waals surface area (Å²) in [7, 11) is 1.64. The highest BCUT2D eigenvalue weighted by Crippen LogP contribution is 2.23. The van der Waals surface area contributed by atoms with Crippen molar-refractivity contribution in [2.45, 2.75) is 33.1 Å². The van der Waals surface area contributed by atoms with Gasteiger partial charge in [0.25, 0.3) is 0 Å². The van der Waals surface area contributed by atoms with Crippen LogP contribution in [0.2, 0.25) is 0 Å². The first-order valence-electron chi connectivity index (χ1n) is 6.14. The van der Waals surface area contributed by atoms with E-state index in [9.17, 15) is 10.1 Å². The smallest absolute Gasteiger partial charge is 0.246 e. The van der Waals surface area contributed by atoms with Crippen LogP contribution in [0, 0.1) is 10.1 Å². The zero-order valence-electron chi connectivity index (χ0n) is 11.1. The molecule has 0 radical (unpaired) electrons. The van der Waals surface area contributed by atoms with Crippen LogP contribution in [-0.4, -0.2) is 12.0 Å². The Hall–Kier alpha value is -1.84. The van der Waals surface area contributed by atoms with Gasteiger partial charge in [-0.25, -0.2) is 0 Å². The topological polar surface area (TPSA) is 52.4 Å². The molecule has 18 heavy (non-hydrogen) atoms. The number of hydrogen-bond donors (Lipinski definition) is 0. The van der Waals surface area contributed by atoms with E-state index in [1.165, 1.54) is 0 Å². The van der Waals surface area contributed by atoms with Crippen molar-refractivity contribution in [2.75, 3.05) is 7.11 Å². The Morgan fingerprint density at radius 2 is 2.17 bits per heavy atom. The Kier molecular flexibility index (Phi) is 5.36. The van der Waals surface area contributed by atoms with Crippen molar-refractivity contribution in [1.29, 1.82) is 0 Å². The van der Waals surface area contributed by atoms with Gasteiger partial charge in [-0.2, -0.15) is 0 Å². The van der Waals surface area contributed by atoms with E-state index in [4.69, 9.17) is 4.74 Å². The van der Waals surface area contributed by atoms with Gasteiger partial charge in [0, 0.05) is 12.5 Å². The summed E-state index contributed by atoms with van der Waals surface area (Å²) in [4.78, 5) is 10.5. The van der Waals surface area contributed by atoms with Gasteiger partial charge < -0.3 is 4.74 Å². The van der Waals surface area contributed by atoms with E-state index >= 15 is 0 Å². The molecule has 0 saturated heterocycles. The maximum Gasteiger partial charge on any atom is 0.246 e. The zero-order valence-corrected chi connectivity index (χ0v) is 11.1. The van der Waals surface area contributed by atoms with Crippen molar-refractivity contribution >= 4 is 6.08 Å². The van der Waals surface area contributed by atoms with Gasteiger partial charge in [0.15, 0.2) is 0 Å². The minimum atomic E-state index is -0.330. The van der Waals surface area contributed by atoms with Gasteiger partial charge in [-0.05, 0) is 29.7 Å². The number of allylic oxidation sites excluding steroid dienone is 1. The predicted molar refractivity (Wildman–Crippen MR) is 72.3 cm³/mol. The summed E-state index contributed by atoms with van der Waals surface area (Å²) in [6, 6.07) is 5.67. The highest BCUT2D eigenvalue weighted by Gasteiger charge is 2.08. The van der Waals surface area contributed by atoms with Crippen molar-refractivity contribution < 1.29 is 9.66 Å². The van der Waals surface area contributed by atoms with Crippen molar-refractivity contribution in [3.8, 4) is 5.75 Å². The number of nitrogens with zero attached hydrogens (tertiary/aromatic N) is 1. The lowest BCUT2D eigenvalue weighted by Crippen LogP contribution is -1.97. The number of methoxy groups -OCH3 is 1. The average Bonchev–Trinajstić information content (AvgIpc) is 2.36. The van der Waals surface area contributed by atoms with Crippen LogP contribution in [0.3, 0.4) is 0 Å². The van der Waals surface area contributed by atoms with Gasteiger partial charge in [-0.3, -0.25) is 10.1 Å². The summed E-state index contributed by atoms with van der Waals surface area (Å²) in [5.41, 5.74) is 2.17. The van der Waals surface area contributed by atoms with Gasteiger partial charge in [-0.15, -0.1) is 0 Å². The molecule has 0 heterocycles. The fourth-order valence-corrected chi connectivity index (χ4v) is 1.83. The average molecular weight is 249 g/mol. The lowest BCUT2D eigenvalue weighted by atomic mass is 10.0. The summed E-state index contributed by atoms with van der Waals surface area (Å²) in [5, 5.41) is 10.8. The molecule has 0 aliphatic rings. The largest absolute Gasteiger partial charge is 0.496 e. The molecular weight excluding hydrogens is 230 g/mol. The highest BCUT2D eigenvalue weighted by atomic mass is 16.6. The summed E-state index contributed by atoms with van der Waals surface area (Å²) in [6.45, 7) is 3.88. The predicted octanol–water partition coefficient (Wildman–Crippen LogP) is 3.68. The van der Waals surface area contributed by atoms with Crippen LogP contribution in [0.1, 0.15) is 37.8 Å². The number of hydrogen-bond acceptors (Lipinski definition) is 3. The molecule has 0 unspecified atom stereocenters. The van der Waals surface area contributed by atoms with Crippen molar-refractivity contribution in [3.05, 3.63) is 45.1 Å². The van der Waals surface area contributed by atoms with E-state index in [-0.39, 0.29) is 10.6 Å². The molecule has 1 rings (SSSR count). The SMILES string of the molecule is CCCc1cc(C=C(CC)[N+](=O)[O-])ccc1OC. The summed E-state index contributed by atoms with van der Waals surface area (Å²) in [6.07, 6.45) is 3.96. The van der Waals surface area contributed by atoms with E-state index in [0.717, 1.165) is 29.7 Å². The molecule has 98 valence electrons. The van der Waals surface area contributed by atoms with Gasteiger partial charge >= 0.3 is 0 Å². The molecule has 0 fully saturated rings. The molecule has 0 saturated carbocycles. The molecule has 0 aromatic heterocycles. The van der Waals surface area contributed by atoms with E-state index in [0.29, 0.717) is 6.42 Å². The van der Waals surface area contributed by atoms with Crippen molar-refractivity contribution in [1.82, 2.24) is 0 Å². The number of ether oxygens (including phenoxy) is 1. The standard InChI is InChI=1S/C14H19NO3/c1-4-6-12-9-11(7-8-14(12)18-3)10-13(5-2)15(16)17/h7-10H,4-6H2,1-3H3. The van der Waals surface area contributed by atoms with Crippen LogP contribution in [-0.2, 0) is 6.42 Å². The van der Waals surface area contributed by atoms with E-state index in [1.807, 2.05) is 18.2 Å². The first-order valence-corrected chi connectivity index (χ1v) is 6.14. The second-order valence-corrected chi connectivity index (χ2v) is 4.07. The zero-order chi connectivity index (χ0) is 13.5.